The Morgan fingerprint density at radius 2 is 1.20 bits per heavy atom. The summed E-state index contributed by atoms with van der Waals surface area (Å²) in [6.45, 7) is 4.42. The molecule has 2 unspecified atom stereocenters. The average Bonchev–Trinajstić information content (AvgIpc) is 2.18. The van der Waals surface area contributed by atoms with Crippen molar-refractivity contribution in [2.24, 2.45) is 0 Å². The molecular weight excluding hydrogens is 224 g/mol. The van der Waals surface area contributed by atoms with Crippen LogP contribution in [0.5, 0.6) is 0 Å². The molecule has 0 aromatic rings. The number of hydrogen-bond acceptors (Lipinski definition) is 3. The Morgan fingerprint density at radius 3 is 1.53 bits per heavy atom. The third-order valence-electron chi connectivity index (χ3n) is 2.42. The molecule has 92 valence electrons. The van der Waals surface area contributed by atoms with Crippen molar-refractivity contribution in [2.75, 3.05) is 0 Å². The molecule has 0 fully saturated rings. The van der Waals surface area contributed by atoms with Gasteiger partial charge < -0.3 is 4.74 Å². The summed E-state index contributed by atoms with van der Waals surface area (Å²) in [7, 11) is 0. The van der Waals surface area contributed by atoms with Gasteiger partial charge in [0.2, 0.25) is 0 Å². The normalized spacial score (nSPS) is 15.2. The van der Waals surface area contributed by atoms with Gasteiger partial charge in [0.15, 0.2) is 0 Å². The zero-order valence-corrected chi connectivity index (χ0v) is 11.9. The first kappa shape index (κ1) is 15.7. The summed E-state index contributed by atoms with van der Waals surface area (Å²) in [5.74, 6) is 0. The predicted molar refractivity (Wildman–Crippen MR) is 74.9 cm³/mol. The SMILES string of the molecule is CCCCCC(S)OC(S)CCCCC. The minimum absolute atomic E-state index is 0.0701. The van der Waals surface area contributed by atoms with Crippen LogP contribution in [-0.2, 0) is 4.74 Å². The third kappa shape index (κ3) is 10.9. The van der Waals surface area contributed by atoms with Crippen molar-refractivity contribution in [3.8, 4) is 0 Å². The highest BCUT2D eigenvalue weighted by molar-refractivity contribution is 7.81. The zero-order valence-electron chi connectivity index (χ0n) is 10.1. The minimum Gasteiger partial charge on any atom is -0.354 e. The van der Waals surface area contributed by atoms with Crippen molar-refractivity contribution in [1.82, 2.24) is 0 Å². The molecule has 0 aromatic carbocycles. The van der Waals surface area contributed by atoms with Crippen LogP contribution in [0.2, 0.25) is 0 Å². The molecule has 0 amide bonds. The molecule has 0 N–H and O–H groups in total. The molecule has 0 heterocycles. The van der Waals surface area contributed by atoms with Gasteiger partial charge in [-0.05, 0) is 12.8 Å². The number of hydrogen-bond donors (Lipinski definition) is 2. The van der Waals surface area contributed by atoms with Crippen LogP contribution in [0, 0.1) is 0 Å². The second-order valence-electron chi connectivity index (χ2n) is 4.04. The minimum atomic E-state index is 0.0701. The molecule has 3 heteroatoms. The Bertz CT molecular complexity index is 117. The van der Waals surface area contributed by atoms with Crippen LogP contribution in [0.4, 0.5) is 0 Å². The van der Waals surface area contributed by atoms with E-state index < -0.39 is 0 Å². The van der Waals surface area contributed by atoms with Gasteiger partial charge >= 0.3 is 0 Å². The van der Waals surface area contributed by atoms with E-state index in [9.17, 15) is 0 Å². The summed E-state index contributed by atoms with van der Waals surface area (Å²) in [5, 5.41) is 0. The fraction of sp³-hybridized carbons (Fsp3) is 1.00. The van der Waals surface area contributed by atoms with Crippen LogP contribution >= 0.6 is 25.3 Å². The summed E-state index contributed by atoms with van der Waals surface area (Å²) >= 11 is 8.83. The maximum atomic E-state index is 5.67. The van der Waals surface area contributed by atoms with Crippen molar-refractivity contribution in [1.29, 1.82) is 0 Å². The van der Waals surface area contributed by atoms with E-state index in [1.54, 1.807) is 0 Å². The quantitative estimate of drug-likeness (QED) is 0.325. The van der Waals surface area contributed by atoms with Gasteiger partial charge in [0.25, 0.3) is 0 Å². The van der Waals surface area contributed by atoms with Gasteiger partial charge in [-0.25, -0.2) is 0 Å². The lowest BCUT2D eigenvalue weighted by atomic mass is 10.2. The third-order valence-corrected chi connectivity index (χ3v) is 3.18. The van der Waals surface area contributed by atoms with Gasteiger partial charge in [-0.1, -0.05) is 52.4 Å². The van der Waals surface area contributed by atoms with E-state index in [2.05, 4.69) is 39.1 Å². The van der Waals surface area contributed by atoms with Crippen LogP contribution in [-0.4, -0.2) is 10.9 Å². The van der Waals surface area contributed by atoms with Gasteiger partial charge in [-0.3, -0.25) is 0 Å². The second kappa shape index (κ2) is 11.2. The van der Waals surface area contributed by atoms with Crippen LogP contribution in [0.25, 0.3) is 0 Å². The molecule has 0 saturated heterocycles. The first-order valence-corrected chi connectivity index (χ1v) is 7.25. The van der Waals surface area contributed by atoms with E-state index in [4.69, 9.17) is 4.74 Å². The fourth-order valence-electron chi connectivity index (χ4n) is 1.46. The fourth-order valence-corrected chi connectivity index (χ4v) is 2.21. The highest BCUT2D eigenvalue weighted by Crippen LogP contribution is 2.17. The Labute approximate surface area is 106 Å². The Morgan fingerprint density at radius 1 is 0.800 bits per heavy atom. The van der Waals surface area contributed by atoms with Gasteiger partial charge in [0, 0.05) is 0 Å². The Kier molecular flexibility index (Phi) is 11.6. The smallest absolute Gasteiger partial charge is 0.101 e. The molecule has 0 aliphatic rings. The summed E-state index contributed by atoms with van der Waals surface area (Å²) in [6.07, 6.45) is 9.55. The molecular formula is C12H26OS2. The molecule has 15 heavy (non-hydrogen) atoms. The molecule has 0 bridgehead atoms. The van der Waals surface area contributed by atoms with E-state index >= 15 is 0 Å². The molecule has 0 aliphatic carbocycles. The van der Waals surface area contributed by atoms with Crippen LogP contribution in [0.15, 0.2) is 0 Å². The summed E-state index contributed by atoms with van der Waals surface area (Å²) in [4.78, 5) is 0. The van der Waals surface area contributed by atoms with E-state index in [1.165, 1.54) is 38.5 Å². The van der Waals surface area contributed by atoms with Crippen molar-refractivity contribution in [3.63, 3.8) is 0 Å². The highest BCUT2D eigenvalue weighted by Gasteiger charge is 2.09. The Hall–Kier alpha value is 0.660. The summed E-state index contributed by atoms with van der Waals surface area (Å²) in [6, 6.07) is 0. The van der Waals surface area contributed by atoms with Crippen molar-refractivity contribution >= 4 is 25.3 Å². The monoisotopic (exact) mass is 250 g/mol. The first-order valence-electron chi connectivity index (χ1n) is 6.22. The largest absolute Gasteiger partial charge is 0.354 e. The molecule has 0 rings (SSSR count). The van der Waals surface area contributed by atoms with Crippen molar-refractivity contribution < 1.29 is 4.74 Å². The van der Waals surface area contributed by atoms with Gasteiger partial charge in [0.05, 0.1) is 0 Å². The molecule has 0 aliphatic heterocycles. The summed E-state index contributed by atoms with van der Waals surface area (Å²) in [5.41, 5.74) is 0.140. The number of rotatable bonds is 10. The van der Waals surface area contributed by atoms with Crippen LogP contribution < -0.4 is 0 Å². The van der Waals surface area contributed by atoms with E-state index in [1.807, 2.05) is 0 Å². The Balaban J connectivity index is 3.35. The van der Waals surface area contributed by atoms with Gasteiger partial charge in [0.1, 0.15) is 10.9 Å². The predicted octanol–water partition coefficient (Wildman–Crippen LogP) is 4.68. The standard InChI is InChI=1S/C12H26OS2/c1-3-5-7-9-11(14)13-12(15)10-8-6-4-2/h11-12,14-15H,3-10H2,1-2H3. The van der Waals surface area contributed by atoms with Crippen LogP contribution in [0.3, 0.4) is 0 Å². The number of unbranched alkanes of at least 4 members (excludes halogenated alkanes) is 4. The lowest BCUT2D eigenvalue weighted by molar-refractivity contribution is 0.0811. The van der Waals surface area contributed by atoms with E-state index in [-0.39, 0.29) is 10.9 Å². The van der Waals surface area contributed by atoms with E-state index in [0.717, 1.165) is 12.8 Å². The average molecular weight is 250 g/mol. The van der Waals surface area contributed by atoms with Gasteiger partial charge in [-0.15, -0.1) is 25.3 Å². The first-order chi connectivity index (χ1) is 7.20. The maximum Gasteiger partial charge on any atom is 0.101 e. The molecule has 0 aromatic heterocycles. The molecule has 0 saturated carbocycles. The molecule has 1 nitrogen and oxygen atoms in total. The van der Waals surface area contributed by atoms with Crippen LogP contribution in [0.1, 0.15) is 65.2 Å². The van der Waals surface area contributed by atoms with Gasteiger partial charge in [-0.2, -0.15) is 0 Å². The van der Waals surface area contributed by atoms with Crippen molar-refractivity contribution in [3.05, 3.63) is 0 Å². The highest BCUT2D eigenvalue weighted by atomic mass is 32.1. The summed E-state index contributed by atoms with van der Waals surface area (Å²) < 4.78 is 5.67. The number of ether oxygens (including phenoxy) is 1. The van der Waals surface area contributed by atoms with E-state index in [0.29, 0.717) is 0 Å². The zero-order chi connectivity index (χ0) is 11.5. The molecule has 2 atom stereocenters. The topological polar surface area (TPSA) is 9.23 Å². The maximum absolute atomic E-state index is 5.67. The molecule has 0 radical (unpaired) electrons. The molecule has 0 spiro atoms. The number of thiol groups is 2. The second-order valence-corrected chi connectivity index (χ2v) is 5.19. The lowest BCUT2D eigenvalue weighted by Crippen LogP contribution is -2.13. The lowest BCUT2D eigenvalue weighted by Gasteiger charge is -2.17. The van der Waals surface area contributed by atoms with Crippen molar-refractivity contribution in [2.45, 2.75) is 76.1 Å².